The first kappa shape index (κ1) is 12.7. The van der Waals surface area contributed by atoms with Crippen LogP contribution in [0.3, 0.4) is 0 Å². The molecule has 2 rings (SSSR count). The van der Waals surface area contributed by atoms with Crippen molar-refractivity contribution in [2.75, 3.05) is 0 Å². The third-order valence-corrected chi connectivity index (χ3v) is 3.67. The van der Waals surface area contributed by atoms with Crippen LogP contribution >= 0.6 is 0 Å². The zero-order valence-corrected chi connectivity index (χ0v) is 10.4. The Kier molecular flexibility index (Phi) is 2.73. The average molecular weight is 247 g/mol. The fourth-order valence-electron chi connectivity index (χ4n) is 2.71. The van der Waals surface area contributed by atoms with Crippen LogP contribution in [0.15, 0.2) is 0 Å². The van der Waals surface area contributed by atoms with E-state index in [2.05, 4.69) is 0 Å². The van der Waals surface area contributed by atoms with Crippen LogP contribution in [0.25, 0.3) is 0 Å². The molecule has 98 valence electrons. The van der Waals surface area contributed by atoms with Crippen LogP contribution in [0.5, 0.6) is 0 Å². The molecule has 2 N–H and O–H groups in total. The number of rotatable bonds is 2. The van der Waals surface area contributed by atoms with Crippen molar-refractivity contribution in [3.05, 3.63) is 0 Å². The first-order valence-corrected chi connectivity index (χ1v) is 5.99. The molecule has 0 aromatic carbocycles. The van der Waals surface area contributed by atoms with Gasteiger partial charge in [-0.2, -0.15) is 0 Å². The molecule has 2 saturated carbocycles. The molecule has 0 aromatic rings. The first-order valence-electron chi connectivity index (χ1n) is 5.99. The average Bonchev–Trinajstić information content (AvgIpc) is 2.60. The Labute approximate surface area is 99.7 Å². The second kappa shape index (κ2) is 3.64. The molecule has 2 aliphatic carbocycles. The molecule has 17 heavy (non-hydrogen) atoms. The number of hydrogen-bond acceptors (Lipinski definition) is 3. The maximum atomic E-state index is 13.0. The van der Waals surface area contributed by atoms with Crippen LogP contribution in [-0.4, -0.2) is 23.5 Å². The van der Waals surface area contributed by atoms with Gasteiger partial charge in [0.25, 0.3) is 5.92 Å². The Hall–Kier alpha value is -0.710. The molecule has 3 atom stereocenters. The summed E-state index contributed by atoms with van der Waals surface area (Å²) in [6.07, 6.45) is 0.691. The van der Waals surface area contributed by atoms with Crippen LogP contribution in [-0.2, 0) is 9.53 Å². The van der Waals surface area contributed by atoms with Gasteiger partial charge in [0.15, 0.2) is 0 Å². The second-order valence-corrected chi connectivity index (χ2v) is 6.18. The predicted molar refractivity (Wildman–Crippen MR) is 58.5 cm³/mol. The van der Waals surface area contributed by atoms with Crippen molar-refractivity contribution >= 4 is 5.97 Å². The number of fused-ring (bicyclic) bond motifs is 1. The SMILES string of the molecule is CC(C)(C)OC(=O)C(N)C1CC2C(C1)C2(F)F. The number of alkyl halides is 2. The zero-order valence-electron chi connectivity index (χ0n) is 10.4. The normalized spacial score (nSPS) is 36.2. The molecular weight excluding hydrogens is 228 g/mol. The first-order chi connectivity index (χ1) is 7.63. The molecule has 2 fully saturated rings. The molecule has 0 bridgehead atoms. The van der Waals surface area contributed by atoms with Crippen LogP contribution in [0.4, 0.5) is 8.78 Å². The maximum Gasteiger partial charge on any atom is 0.323 e. The minimum Gasteiger partial charge on any atom is -0.459 e. The molecule has 0 saturated heterocycles. The van der Waals surface area contributed by atoms with Crippen molar-refractivity contribution in [3.8, 4) is 0 Å². The molecule has 0 aromatic heterocycles. The number of carbonyl (C=O) groups is 1. The summed E-state index contributed by atoms with van der Waals surface area (Å²) in [6, 6.07) is -0.766. The van der Waals surface area contributed by atoms with Gasteiger partial charge in [-0.3, -0.25) is 4.79 Å². The van der Waals surface area contributed by atoms with Crippen molar-refractivity contribution < 1.29 is 18.3 Å². The molecule has 5 heteroatoms. The topological polar surface area (TPSA) is 52.3 Å². The Morgan fingerprint density at radius 1 is 1.35 bits per heavy atom. The molecule has 0 heterocycles. The fourth-order valence-corrected chi connectivity index (χ4v) is 2.71. The molecule has 0 aliphatic heterocycles. The van der Waals surface area contributed by atoms with Crippen molar-refractivity contribution in [1.82, 2.24) is 0 Å². The lowest BCUT2D eigenvalue weighted by atomic mass is 9.94. The van der Waals surface area contributed by atoms with E-state index in [-0.39, 0.29) is 5.92 Å². The number of hydrogen-bond donors (Lipinski definition) is 1. The third-order valence-electron chi connectivity index (χ3n) is 3.67. The molecule has 2 aliphatic rings. The largest absolute Gasteiger partial charge is 0.459 e. The van der Waals surface area contributed by atoms with Gasteiger partial charge < -0.3 is 10.5 Å². The van der Waals surface area contributed by atoms with Gasteiger partial charge in [0.1, 0.15) is 11.6 Å². The molecule has 3 nitrogen and oxygen atoms in total. The maximum absolute atomic E-state index is 13.0. The number of esters is 1. The summed E-state index contributed by atoms with van der Waals surface area (Å²) in [4.78, 5) is 11.7. The molecule has 3 unspecified atom stereocenters. The van der Waals surface area contributed by atoms with Crippen molar-refractivity contribution in [1.29, 1.82) is 0 Å². The standard InChI is InChI=1S/C12H19F2NO2/c1-11(2,3)17-10(16)9(15)6-4-7-8(5-6)12(7,13)14/h6-9H,4-5,15H2,1-3H3. The second-order valence-electron chi connectivity index (χ2n) is 6.18. The number of nitrogens with two attached hydrogens (primary N) is 1. The van der Waals surface area contributed by atoms with Crippen molar-refractivity contribution in [3.63, 3.8) is 0 Å². The van der Waals surface area contributed by atoms with E-state index in [9.17, 15) is 13.6 Å². The Morgan fingerprint density at radius 2 is 1.82 bits per heavy atom. The van der Waals surface area contributed by atoms with E-state index in [1.807, 2.05) is 0 Å². The number of carbonyl (C=O) groups excluding carboxylic acids is 1. The molecule has 0 amide bonds. The molecular formula is C12H19F2NO2. The molecule has 0 spiro atoms. The number of halogens is 2. The van der Waals surface area contributed by atoms with Gasteiger partial charge in [-0.1, -0.05) is 0 Å². The van der Waals surface area contributed by atoms with Crippen LogP contribution in [0.1, 0.15) is 33.6 Å². The summed E-state index contributed by atoms with van der Waals surface area (Å²) in [7, 11) is 0. The van der Waals surface area contributed by atoms with E-state index in [0.29, 0.717) is 12.8 Å². The lowest BCUT2D eigenvalue weighted by Gasteiger charge is -2.25. The van der Waals surface area contributed by atoms with Gasteiger partial charge in [-0.05, 0) is 39.5 Å². The fraction of sp³-hybridized carbons (Fsp3) is 0.917. The monoisotopic (exact) mass is 247 g/mol. The van der Waals surface area contributed by atoms with Crippen LogP contribution < -0.4 is 5.73 Å². The summed E-state index contributed by atoms with van der Waals surface area (Å²) in [6.45, 7) is 5.29. The Bertz CT molecular complexity index is 324. The van der Waals surface area contributed by atoms with Gasteiger partial charge in [0.2, 0.25) is 0 Å². The smallest absolute Gasteiger partial charge is 0.323 e. The van der Waals surface area contributed by atoms with E-state index in [1.54, 1.807) is 20.8 Å². The summed E-state index contributed by atoms with van der Waals surface area (Å²) in [5.41, 5.74) is 5.20. The van der Waals surface area contributed by atoms with E-state index < -0.39 is 35.4 Å². The zero-order chi connectivity index (χ0) is 13.0. The Balaban J connectivity index is 1.87. The highest BCUT2D eigenvalue weighted by molar-refractivity contribution is 5.76. The van der Waals surface area contributed by atoms with E-state index >= 15 is 0 Å². The van der Waals surface area contributed by atoms with Crippen molar-refractivity contribution in [2.24, 2.45) is 23.5 Å². The quantitative estimate of drug-likeness (QED) is 0.759. The van der Waals surface area contributed by atoms with E-state index in [0.717, 1.165) is 0 Å². The minimum atomic E-state index is -2.51. The van der Waals surface area contributed by atoms with Gasteiger partial charge in [0, 0.05) is 11.8 Å². The van der Waals surface area contributed by atoms with E-state index in [1.165, 1.54) is 0 Å². The van der Waals surface area contributed by atoms with Gasteiger partial charge in [0.05, 0.1) is 0 Å². The summed E-state index contributed by atoms with van der Waals surface area (Å²) in [5, 5.41) is 0. The van der Waals surface area contributed by atoms with Gasteiger partial charge in [-0.15, -0.1) is 0 Å². The van der Waals surface area contributed by atoms with Crippen molar-refractivity contribution in [2.45, 2.75) is 51.2 Å². The van der Waals surface area contributed by atoms with Crippen LogP contribution in [0, 0.1) is 17.8 Å². The third kappa shape index (κ3) is 2.30. The van der Waals surface area contributed by atoms with Gasteiger partial charge in [-0.25, -0.2) is 8.78 Å². The number of ether oxygens (including phenoxy) is 1. The van der Waals surface area contributed by atoms with E-state index in [4.69, 9.17) is 10.5 Å². The summed E-state index contributed by atoms with van der Waals surface area (Å²) < 4.78 is 31.1. The highest BCUT2D eigenvalue weighted by Crippen LogP contribution is 2.66. The molecule has 0 radical (unpaired) electrons. The Morgan fingerprint density at radius 3 is 2.24 bits per heavy atom. The highest BCUT2D eigenvalue weighted by atomic mass is 19.3. The summed E-state index contributed by atoms with van der Waals surface area (Å²) in [5.74, 6) is -4.25. The van der Waals surface area contributed by atoms with Crippen LogP contribution in [0.2, 0.25) is 0 Å². The predicted octanol–water partition coefficient (Wildman–Crippen LogP) is 1.95. The lowest BCUT2D eigenvalue weighted by Crippen LogP contribution is -2.42. The minimum absolute atomic E-state index is 0.153. The summed E-state index contributed by atoms with van der Waals surface area (Å²) >= 11 is 0. The lowest BCUT2D eigenvalue weighted by molar-refractivity contribution is -0.158. The van der Waals surface area contributed by atoms with Gasteiger partial charge >= 0.3 is 5.97 Å². The highest BCUT2D eigenvalue weighted by Gasteiger charge is 2.72.